The fourth-order valence-electron chi connectivity index (χ4n) is 3.87. The second kappa shape index (κ2) is 11.6. The molecule has 0 fully saturated rings. The van der Waals surface area contributed by atoms with Crippen molar-refractivity contribution in [1.82, 2.24) is 19.9 Å². The van der Waals surface area contributed by atoms with E-state index in [1.165, 1.54) is 24.3 Å². The van der Waals surface area contributed by atoms with Crippen LogP contribution in [0.3, 0.4) is 0 Å². The van der Waals surface area contributed by atoms with Crippen molar-refractivity contribution in [2.45, 2.75) is 19.6 Å². The summed E-state index contributed by atoms with van der Waals surface area (Å²) in [6.45, 7) is 0. The average Bonchev–Trinajstić information content (AvgIpc) is 3.44. The molecule has 5 rings (SSSR count). The summed E-state index contributed by atoms with van der Waals surface area (Å²) in [7, 11) is -19.6. The monoisotopic (exact) mass is 678 g/mol. The first-order valence-electron chi connectivity index (χ1n) is 10.4. The van der Waals surface area contributed by atoms with Crippen LogP contribution in [0.1, 0.15) is 0 Å². The summed E-state index contributed by atoms with van der Waals surface area (Å²) in [5.74, 6) is 0.0741. The predicted molar refractivity (Wildman–Crippen MR) is 150 cm³/mol. The van der Waals surface area contributed by atoms with Crippen LogP contribution in [-0.2, 0) is 40.5 Å². The zero-order valence-electron chi connectivity index (χ0n) is 19.2. The van der Waals surface area contributed by atoms with Crippen molar-refractivity contribution in [3.63, 3.8) is 0 Å². The Bertz CT molecular complexity index is 2150. The fraction of sp³-hybridized carbons (Fsp3) is 0. The van der Waals surface area contributed by atoms with Gasteiger partial charge in [0.15, 0.2) is 0 Å². The van der Waals surface area contributed by atoms with Gasteiger partial charge in [-0.25, -0.2) is 9.97 Å². The Labute approximate surface area is 281 Å². The Hall–Kier alpha value is -1.76. The topological polar surface area (TPSA) is 275 Å². The molecule has 5 aromatic rings. The van der Waals surface area contributed by atoms with E-state index in [-0.39, 0.29) is 92.8 Å². The first-order chi connectivity index (χ1) is 18.3. The van der Waals surface area contributed by atoms with Gasteiger partial charge in [-0.3, -0.25) is 18.2 Å². The van der Waals surface area contributed by atoms with Crippen molar-refractivity contribution in [1.29, 1.82) is 0 Å². The zero-order valence-corrected chi connectivity index (χ0v) is 22.5. The third-order valence-electron chi connectivity index (χ3n) is 5.63. The van der Waals surface area contributed by atoms with Gasteiger partial charge >= 0.3 is 59.1 Å². The van der Waals surface area contributed by atoms with Crippen LogP contribution >= 0.6 is 0 Å². The second-order valence-corrected chi connectivity index (χ2v) is 13.9. The van der Waals surface area contributed by atoms with E-state index >= 15 is 0 Å². The average molecular weight is 679 g/mol. The van der Waals surface area contributed by atoms with Crippen molar-refractivity contribution < 1.29 is 51.9 Å². The molecule has 0 aliphatic heterocycles. The molecule has 0 unspecified atom stereocenters. The molecule has 0 saturated carbocycles. The summed E-state index contributed by atoms with van der Waals surface area (Å²) in [5.41, 5.74) is -0.216. The molecule has 42 heavy (non-hydrogen) atoms. The van der Waals surface area contributed by atoms with Gasteiger partial charge in [0, 0.05) is 11.1 Å². The van der Waals surface area contributed by atoms with E-state index < -0.39 is 60.1 Å². The van der Waals surface area contributed by atoms with E-state index in [9.17, 15) is 51.9 Å². The summed E-state index contributed by atoms with van der Waals surface area (Å²) in [5, 5.41) is 0. The summed E-state index contributed by atoms with van der Waals surface area (Å²) in [6.07, 6.45) is 0. The van der Waals surface area contributed by atoms with E-state index in [1.807, 2.05) is 0 Å². The van der Waals surface area contributed by atoms with Gasteiger partial charge in [0.25, 0.3) is 40.5 Å². The molecule has 0 saturated heterocycles. The summed E-state index contributed by atoms with van der Waals surface area (Å²) >= 11 is 0. The predicted octanol–water partition coefficient (Wildman–Crippen LogP) is 0.463. The van der Waals surface area contributed by atoms with Gasteiger partial charge in [0.05, 0.1) is 20.8 Å². The van der Waals surface area contributed by atoms with Crippen molar-refractivity contribution in [2.75, 3.05) is 0 Å². The Balaban J connectivity index is 0.00000242. The van der Waals surface area contributed by atoms with Crippen LogP contribution < -0.4 is 0 Å². The molecule has 2 aromatic heterocycles. The van der Waals surface area contributed by atoms with E-state index in [0.717, 1.165) is 12.1 Å². The van der Waals surface area contributed by atoms with Gasteiger partial charge in [-0.15, -0.1) is 0 Å². The quantitative estimate of drug-likeness (QED) is 0.105. The Morgan fingerprint density at radius 2 is 0.810 bits per heavy atom. The molecule has 6 N–H and O–H groups in total. The number of aromatic nitrogens is 4. The van der Waals surface area contributed by atoms with Crippen LogP contribution in [0.25, 0.3) is 44.8 Å². The maximum absolute atomic E-state index is 11.8. The Morgan fingerprint density at radius 1 is 0.500 bits per heavy atom. The van der Waals surface area contributed by atoms with E-state index in [0.29, 0.717) is 23.3 Å². The van der Waals surface area contributed by atoms with E-state index in [1.54, 1.807) is 0 Å². The number of hydrogen-bond acceptors (Lipinski definition) is 10. The third-order valence-corrected chi connectivity index (χ3v) is 9.03. The van der Waals surface area contributed by atoms with Gasteiger partial charge in [0.1, 0.15) is 32.5 Å². The number of hydrogen-bond donors (Lipinski definition) is 6. The van der Waals surface area contributed by atoms with Crippen LogP contribution in [0.15, 0.2) is 68.1 Å². The number of H-pyrrole nitrogens is 2. The standard InChI is InChI=1S/C20H14N4O12S4.2Na.2H/c25-37(26,27)11-5-13-17(15(7-11)39(31,32)33)23-19(21-13)9-1-2-10(4-3-9)20-22-14-6-12(38(28,29)30)8-16(18(14)24-20)40(34,35)36;;;;/h1-8H,(H,21,23)(H,22,24)(H,25,26,27)(H,28,29,30)(H,31,32,33)(H,34,35,36);;;;. The number of fused-ring (bicyclic) bond motifs is 2. The zero-order chi connectivity index (χ0) is 29.4. The summed E-state index contributed by atoms with van der Waals surface area (Å²) in [4.78, 5) is 10.3. The van der Waals surface area contributed by atoms with E-state index in [2.05, 4.69) is 19.9 Å². The number of nitrogens with one attached hydrogen (secondary N) is 2. The van der Waals surface area contributed by atoms with Crippen LogP contribution in [0.4, 0.5) is 0 Å². The molecule has 0 aliphatic rings. The molecular weight excluding hydrogens is 662 g/mol. The summed E-state index contributed by atoms with van der Waals surface area (Å²) in [6, 6.07) is 8.80. The van der Waals surface area contributed by atoms with Crippen LogP contribution in [-0.4, -0.2) is 131 Å². The van der Waals surface area contributed by atoms with Crippen molar-refractivity contribution in [3.05, 3.63) is 48.5 Å². The van der Waals surface area contributed by atoms with Gasteiger partial charge in [0.2, 0.25) is 0 Å². The molecule has 16 nitrogen and oxygen atoms in total. The van der Waals surface area contributed by atoms with Crippen LogP contribution in [0.5, 0.6) is 0 Å². The molecule has 0 spiro atoms. The normalized spacial score (nSPS) is 12.7. The first-order valence-corrected chi connectivity index (χ1v) is 16.2. The SMILES string of the molecule is O=S(=O)(O)c1cc(S(=O)(=O)O)c2nc(-c3ccc(-c4nc5c(S(=O)(=O)O)cc(S(=O)(=O)O)cc5[nH]4)cc3)[nH]c2c1.[NaH].[NaH]. The van der Waals surface area contributed by atoms with Crippen LogP contribution in [0, 0.1) is 0 Å². The van der Waals surface area contributed by atoms with Crippen molar-refractivity contribution >= 4 is 122 Å². The number of benzene rings is 3. The van der Waals surface area contributed by atoms with Crippen molar-refractivity contribution in [3.8, 4) is 22.8 Å². The molecule has 2 heterocycles. The van der Waals surface area contributed by atoms with Gasteiger partial charge in [-0.1, -0.05) is 24.3 Å². The molecule has 0 amide bonds. The fourth-order valence-corrected chi connectivity index (χ4v) is 6.44. The number of rotatable bonds is 6. The number of imidazole rings is 2. The van der Waals surface area contributed by atoms with Gasteiger partial charge < -0.3 is 9.97 Å². The molecule has 22 heteroatoms. The molecule has 0 radical (unpaired) electrons. The van der Waals surface area contributed by atoms with Crippen LogP contribution in [0.2, 0.25) is 0 Å². The molecule has 0 bridgehead atoms. The Morgan fingerprint density at radius 3 is 1.07 bits per heavy atom. The molecule has 0 aliphatic carbocycles. The molecule has 3 aromatic carbocycles. The number of aromatic amines is 2. The van der Waals surface area contributed by atoms with Crippen molar-refractivity contribution in [2.24, 2.45) is 0 Å². The molecule has 0 atom stereocenters. The second-order valence-electron chi connectivity index (χ2n) is 8.28. The van der Waals surface area contributed by atoms with E-state index in [4.69, 9.17) is 0 Å². The third kappa shape index (κ3) is 6.81. The summed E-state index contributed by atoms with van der Waals surface area (Å²) < 4.78 is 131. The molecule has 214 valence electrons. The minimum absolute atomic E-state index is 0. The van der Waals surface area contributed by atoms with Gasteiger partial charge in [-0.05, 0) is 24.3 Å². The molecular formula is C20H16N4Na2O12S4. The maximum atomic E-state index is 11.8. The Kier molecular flexibility index (Phi) is 9.62. The number of nitrogens with zero attached hydrogens (tertiary/aromatic N) is 2. The first kappa shape index (κ1) is 34.7. The minimum atomic E-state index is -4.95. The van der Waals surface area contributed by atoms with Gasteiger partial charge in [-0.2, -0.15) is 33.7 Å².